The zero-order valence-corrected chi connectivity index (χ0v) is 16.8. The molecule has 152 valence electrons. The summed E-state index contributed by atoms with van der Waals surface area (Å²) in [7, 11) is 0. The first kappa shape index (κ1) is 19.8. The predicted molar refractivity (Wildman–Crippen MR) is 114 cm³/mol. The Morgan fingerprint density at radius 3 is 2.67 bits per heavy atom. The molecule has 0 radical (unpaired) electrons. The van der Waals surface area contributed by atoms with E-state index >= 15 is 0 Å². The number of hydrogen-bond acceptors (Lipinski definition) is 4. The molecule has 0 saturated carbocycles. The number of nitrogens with one attached hydrogen (secondary N) is 1. The molecule has 0 spiro atoms. The van der Waals surface area contributed by atoms with Crippen LogP contribution in [0.5, 0.6) is 0 Å². The molecule has 0 aliphatic carbocycles. The fourth-order valence-corrected chi connectivity index (χ4v) is 4.30. The van der Waals surface area contributed by atoms with Crippen LogP contribution in [0.3, 0.4) is 0 Å². The van der Waals surface area contributed by atoms with Crippen LogP contribution in [-0.2, 0) is 12.8 Å². The molecule has 0 amide bonds. The van der Waals surface area contributed by atoms with Gasteiger partial charge >= 0.3 is 11.7 Å². The standard InChI is InChI=1S/C22H17FN2O4S/c1-12-4-2-3-5-14(12)8-6-13-7-9-15(23)17(10-13)25-20(26)18-16(24-22(25)29)11-30-19(18)21(27)28/h2-5,7,9-11H,6,8H2,1H3,(H,24,29)(H,27,28). The molecule has 2 heterocycles. The number of hydrogen-bond donors (Lipinski definition) is 2. The van der Waals surface area contributed by atoms with Crippen LogP contribution in [0.15, 0.2) is 57.4 Å². The number of rotatable bonds is 5. The molecular formula is C22H17FN2O4S. The Kier molecular flexibility index (Phi) is 5.09. The summed E-state index contributed by atoms with van der Waals surface area (Å²) in [5, 5.41) is 10.6. The van der Waals surface area contributed by atoms with E-state index in [0.29, 0.717) is 11.0 Å². The van der Waals surface area contributed by atoms with Crippen molar-refractivity contribution < 1.29 is 14.3 Å². The van der Waals surface area contributed by atoms with Crippen molar-refractivity contribution in [2.75, 3.05) is 0 Å². The smallest absolute Gasteiger partial charge is 0.346 e. The third-order valence-corrected chi connectivity index (χ3v) is 6.01. The van der Waals surface area contributed by atoms with Crippen molar-refractivity contribution in [2.24, 2.45) is 0 Å². The van der Waals surface area contributed by atoms with E-state index in [2.05, 4.69) is 4.98 Å². The molecule has 0 aliphatic rings. The fourth-order valence-electron chi connectivity index (χ4n) is 3.47. The average molecular weight is 424 g/mol. The minimum Gasteiger partial charge on any atom is -0.477 e. The van der Waals surface area contributed by atoms with Crippen LogP contribution in [0.25, 0.3) is 16.6 Å². The largest absolute Gasteiger partial charge is 0.477 e. The summed E-state index contributed by atoms with van der Waals surface area (Å²) in [6, 6.07) is 12.2. The van der Waals surface area contributed by atoms with Crippen molar-refractivity contribution in [3.05, 3.63) is 96.1 Å². The summed E-state index contributed by atoms with van der Waals surface area (Å²) in [4.78, 5) is 39.2. The molecule has 4 rings (SSSR count). The Balaban J connectivity index is 1.80. The third-order valence-electron chi connectivity index (χ3n) is 5.04. The normalized spacial score (nSPS) is 11.1. The number of carboxylic acids is 1. The van der Waals surface area contributed by atoms with Gasteiger partial charge in [-0.15, -0.1) is 11.3 Å². The summed E-state index contributed by atoms with van der Waals surface area (Å²) >= 11 is 0.835. The lowest BCUT2D eigenvalue weighted by Gasteiger charge is -2.10. The number of fused-ring (bicyclic) bond motifs is 1. The second-order valence-corrected chi connectivity index (χ2v) is 7.82. The zero-order valence-electron chi connectivity index (χ0n) is 15.9. The van der Waals surface area contributed by atoms with E-state index in [0.717, 1.165) is 34.4 Å². The number of H-pyrrole nitrogens is 1. The lowest BCUT2D eigenvalue weighted by molar-refractivity contribution is 0.0704. The van der Waals surface area contributed by atoms with Crippen LogP contribution in [0, 0.1) is 12.7 Å². The number of aromatic nitrogens is 2. The Morgan fingerprint density at radius 2 is 1.93 bits per heavy atom. The molecular weight excluding hydrogens is 407 g/mol. The van der Waals surface area contributed by atoms with Gasteiger partial charge in [-0.25, -0.2) is 18.5 Å². The zero-order chi connectivity index (χ0) is 21.4. The Morgan fingerprint density at radius 1 is 1.17 bits per heavy atom. The molecule has 0 atom stereocenters. The quantitative estimate of drug-likeness (QED) is 0.511. The third kappa shape index (κ3) is 3.46. The van der Waals surface area contributed by atoms with Crippen molar-refractivity contribution in [3.8, 4) is 5.69 Å². The van der Waals surface area contributed by atoms with Crippen LogP contribution in [0.1, 0.15) is 26.4 Å². The summed E-state index contributed by atoms with van der Waals surface area (Å²) < 4.78 is 15.3. The average Bonchev–Trinajstić information content (AvgIpc) is 3.13. The first-order valence-electron chi connectivity index (χ1n) is 9.20. The van der Waals surface area contributed by atoms with Crippen molar-refractivity contribution in [1.29, 1.82) is 0 Å². The minimum atomic E-state index is -1.28. The highest BCUT2D eigenvalue weighted by molar-refractivity contribution is 7.13. The van der Waals surface area contributed by atoms with Gasteiger partial charge in [-0.1, -0.05) is 30.3 Å². The van der Waals surface area contributed by atoms with Crippen LogP contribution >= 0.6 is 11.3 Å². The predicted octanol–water partition coefficient (Wildman–Crippen LogP) is 3.67. The van der Waals surface area contributed by atoms with Gasteiger partial charge in [0.15, 0.2) is 0 Å². The van der Waals surface area contributed by atoms with Crippen LogP contribution < -0.4 is 11.2 Å². The van der Waals surface area contributed by atoms with Gasteiger partial charge in [-0.2, -0.15) is 0 Å². The Bertz CT molecular complexity index is 1400. The van der Waals surface area contributed by atoms with Gasteiger partial charge in [0.2, 0.25) is 0 Å². The summed E-state index contributed by atoms with van der Waals surface area (Å²) in [6.45, 7) is 2.01. The van der Waals surface area contributed by atoms with E-state index in [1.165, 1.54) is 17.5 Å². The topological polar surface area (TPSA) is 92.2 Å². The molecule has 4 aromatic rings. The van der Waals surface area contributed by atoms with E-state index in [1.807, 2.05) is 31.2 Å². The van der Waals surface area contributed by atoms with E-state index in [1.54, 1.807) is 6.07 Å². The van der Waals surface area contributed by atoms with Crippen LogP contribution in [0.4, 0.5) is 4.39 Å². The Labute approximate surface area is 173 Å². The van der Waals surface area contributed by atoms with Crippen molar-refractivity contribution in [1.82, 2.24) is 9.55 Å². The van der Waals surface area contributed by atoms with Gasteiger partial charge in [0.1, 0.15) is 10.7 Å². The SMILES string of the molecule is Cc1ccccc1CCc1ccc(F)c(-n2c(=O)[nH]c3csc(C(=O)O)c3c2=O)c1. The number of halogens is 1. The number of carboxylic acid groups (broad SMARTS) is 1. The van der Waals surface area contributed by atoms with Crippen LogP contribution in [0.2, 0.25) is 0 Å². The molecule has 6 nitrogen and oxygen atoms in total. The summed E-state index contributed by atoms with van der Waals surface area (Å²) in [6.07, 6.45) is 1.31. The molecule has 0 aliphatic heterocycles. The van der Waals surface area contributed by atoms with Crippen molar-refractivity contribution in [3.63, 3.8) is 0 Å². The number of aryl methyl sites for hydroxylation is 3. The number of benzene rings is 2. The second-order valence-electron chi connectivity index (χ2n) is 6.94. The molecule has 2 N–H and O–H groups in total. The minimum absolute atomic E-state index is 0.125. The van der Waals surface area contributed by atoms with Gasteiger partial charge in [-0.3, -0.25) is 4.79 Å². The van der Waals surface area contributed by atoms with Crippen molar-refractivity contribution >= 4 is 28.2 Å². The van der Waals surface area contributed by atoms with E-state index in [9.17, 15) is 23.9 Å². The number of nitrogens with zero attached hydrogens (tertiary/aromatic N) is 1. The van der Waals surface area contributed by atoms with Gasteiger partial charge < -0.3 is 10.1 Å². The maximum atomic E-state index is 14.6. The molecule has 0 unspecified atom stereocenters. The van der Waals surface area contributed by atoms with Crippen molar-refractivity contribution in [2.45, 2.75) is 19.8 Å². The molecule has 0 bridgehead atoms. The van der Waals surface area contributed by atoms with E-state index < -0.39 is 23.0 Å². The van der Waals surface area contributed by atoms with E-state index in [4.69, 9.17) is 0 Å². The molecule has 30 heavy (non-hydrogen) atoms. The maximum absolute atomic E-state index is 14.6. The van der Waals surface area contributed by atoms with Crippen LogP contribution in [-0.4, -0.2) is 20.6 Å². The number of aromatic amines is 1. The molecule has 8 heteroatoms. The first-order valence-corrected chi connectivity index (χ1v) is 10.1. The molecule has 2 aromatic heterocycles. The monoisotopic (exact) mass is 424 g/mol. The molecule has 0 saturated heterocycles. The highest BCUT2D eigenvalue weighted by Gasteiger charge is 2.20. The maximum Gasteiger partial charge on any atom is 0.346 e. The van der Waals surface area contributed by atoms with E-state index in [-0.39, 0.29) is 21.5 Å². The lowest BCUT2D eigenvalue weighted by atomic mass is 10.0. The lowest BCUT2D eigenvalue weighted by Crippen LogP contribution is -2.34. The van der Waals surface area contributed by atoms with Gasteiger partial charge in [-0.05, 0) is 48.6 Å². The van der Waals surface area contributed by atoms with Gasteiger partial charge in [0, 0.05) is 5.38 Å². The molecule has 0 fully saturated rings. The fraction of sp³-hybridized carbons (Fsp3) is 0.136. The summed E-state index contributed by atoms with van der Waals surface area (Å²) in [5.41, 5.74) is 1.30. The van der Waals surface area contributed by atoms with Gasteiger partial charge in [0.05, 0.1) is 16.6 Å². The second kappa shape index (κ2) is 7.72. The number of thiophene rings is 1. The van der Waals surface area contributed by atoms with Gasteiger partial charge in [0.25, 0.3) is 5.56 Å². The highest BCUT2D eigenvalue weighted by Crippen LogP contribution is 2.22. The molecule has 2 aromatic carbocycles. The number of aromatic carboxylic acids is 1. The number of carbonyl (C=O) groups is 1. The first-order chi connectivity index (χ1) is 14.4. The highest BCUT2D eigenvalue weighted by atomic mass is 32.1. The Hall–Kier alpha value is -3.52. The summed E-state index contributed by atoms with van der Waals surface area (Å²) in [5.74, 6) is -2.02.